The molecule has 0 saturated heterocycles. The third-order valence-electron chi connectivity index (χ3n) is 1.62. The van der Waals surface area contributed by atoms with E-state index in [-0.39, 0.29) is 12.2 Å². The molecule has 0 bridgehead atoms. The summed E-state index contributed by atoms with van der Waals surface area (Å²) in [5, 5.41) is 0. The molecule has 0 aromatic rings. The maximum Gasteiger partial charge on any atom is 0.0933 e. The van der Waals surface area contributed by atoms with Crippen LogP contribution in [0.3, 0.4) is 0 Å². The van der Waals surface area contributed by atoms with Crippen LogP contribution in [0.4, 0.5) is 0 Å². The van der Waals surface area contributed by atoms with Crippen molar-refractivity contribution < 1.29 is 9.47 Å². The molecule has 0 saturated carbocycles. The summed E-state index contributed by atoms with van der Waals surface area (Å²) < 4.78 is 10.0. The van der Waals surface area contributed by atoms with E-state index in [0.717, 1.165) is 0 Å². The lowest BCUT2D eigenvalue weighted by atomic mass is 10.2. The van der Waals surface area contributed by atoms with Crippen LogP contribution in [0.5, 0.6) is 0 Å². The van der Waals surface area contributed by atoms with Gasteiger partial charge in [-0.3, -0.25) is 0 Å². The zero-order chi connectivity index (χ0) is 8.85. The standard InChI is InChI=1S/C8H17NO2/c1-6(10-3)5-8(9)7(2)11-4/h5-7H,9H2,1-4H3. The molecule has 0 aliphatic heterocycles. The first-order valence-electron chi connectivity index (χ1n) is 3.64. The maximum atomic E-state index is 5.66. The van der Waals surface area contributed by atoms with Gasteiger partial charge in [0.15, 0.2) is 0 Å². The largest absolute Gasteiger partial charge is 0.400 e. The summed E-state index contributed by atoms with van der Waals surface area (Å²) in [5.74, 6) is 0. The van der Waals surface area contributed by atoms with Crippen LogP contribution in [0.15, 0.2) is 11.8 Å². The fourth-order valence-electron chi connectivity index (χ4n) is 0.611. The number of nitrogens with two attached hydrogens (primary N) is 1. The second kappa shape index (κ2) is 5.16. The van der Waals surface area contributed by atoms with Crippen molar-refractivity contribution in [2.24, 2.45) is 5.73 Å². The smallest absolute Gasteiger partial charge is 0.0933 e. The van der Waals surface area contributed by atoms with Crippen LogP contribution < -0.4 is 5.73 Å². The average Bonchev–Trinajstić information content (AvgIpc) is 2.02. The maximum absolute atomic E-state index is 5.66. The predicted molar refractivity (Wildman–Crippen MR) is 45.2 cm³/mol. The topological polar surface area (TPSA) is 44.5 Å². The zero-order valence-corrected chi connectivity index (χ0v) is 7.63. The van der Waals surface area contributed by atoms with Crippen LogP contribution >= 0.6 is 0 Å². The SMILES string of the molecule is COC(C)C=C(N)C(C)OC. The molecule has 0 radical (unpaired) electrons. The summed E-state index contributed by atoms with van der Waals surface area (Å²) in [5.41, 5.74) is 6.37. The van der Waals surface area contributed by atoms with E-state index in [1.807, 2.05) is 19.9 Å². The zero-order valence-electron chi connectivity index (χ0n) is 7.63. The van der Waals surface area contributed by atoms with Gasteiger partial charge in [-0.1, -0.05) is 0 Å². The molecule has 0 spiro atoms. The quantitative estimate of drug-likeness (QED) is 0.662. The number of hydrogen-bond acceptors (Lipinski definition) is 3. The van der Waals surface area contributed by atoms with E-state index < -0.39 is 0 Å². The minimum Gasteiger partial charge on any atom is -0.400 e. The number of methoxy groups -OCH3 is 2. The van der Waals surface area contributed by atoms with E-state index in [9.17, 15) is 0 Å². The molecule has 2 atom stereocenters. The Morgan fingerprint density at radius 3 is 2.18 bits per heavy atom. The van der Waals surface area contributed by atoms with Crippen molar-refractivity contribution in [3.63, 3.8) is 0 Å². The third kappa shape index (κ3) is 4.01. The fourth-order valence-corrected chi connectivity index (χ4v) is 0.611. The van der Waals surface area contributed by atoms with E-state index in [1.54, 1.807) is 14.2 Å². The summed E-state index contributed by atoms with van der Waals surface area (Å²) in [6.45, 7) is 3.82. The highest BCUT2D eigenvalue weighted by molar-refractivity contribution is 5.04. The Balaban J connectivity index is 3.98. The Hall–Kier alpha value is -0.540. The first-order chi connectivity index (χ1) is 5.11. The molecule has 0 rings (SSSR count). The van der Waals surface area contributed by atoms with Gasteiger partial charge in [0.1, 0.15) is 0 Å². The van der Waals surface area contributed by atoms with Gasteiger partial charge in [-0.25, -0.2) is 0 Å². The Kier molecular flexibility index (Phi) is 4.90. The molecular weight excluding hydrogens is 142 g/mol. The Bertz CT molecular complexity index is 134. The molecular formula is C8H17NO2. The van der Waals surface area contributed by atoms with Crippen LogP contribution in [0, 0.1) is 0 Å². The lowest BCUT2D eigenvalue weighted by Gasteiger charge is -2.11. The summed E-state index contributed by atoms with van der Waals surface area (Å²) in [6, 6.07) is 0. The van der Waals surface area contributed by atoms with E-state index in [2.05, 4.69) is 0 Å². The monoisotopic (exact) mass is 159 g/mol. The van der Waals surface area contributed by atoms with Gasteiger partial charge in [-0.15, -0.1) is 0 Å². The Morgan fingerprint density at radius 1 is 1.27 bits per heavy atom. The van der Waals surface area contributed by atoms with Gasteiger partial charge in [0, 0.05) is 19.9 Å². The number of rotatable bonds is 4. The van der Waals surface area contributed by atoms with E-state index in [0.29, 0.717) is 5.70 Å². The van der Waals surface area contributed by atoms with Gasteiger partial charge < -0.3 is 15.2 Å². The number of hydrogen-bond donors (Lipinski definition) is 1. The third-order valence-corrected chi connectivity index (χ3v) is 1.62. The molecule has 3 heteroatoms. The first kappa shape index (κ1) is 10.5. The molecule has 0 amide bonds. The van der Waals surface area contributed by atoms with Crippen molar-refractivity contribution in [2.75, 3.05) is 14.2 Å². The highest BCUT2D eigenvalue weighted by Gasteiger charge is 2.03. The Labute approximate surface area is 68.2 Å². The van der Waals surface area contributed by atoms with Crippen molar-refractivity contribution in [3.05, 3.63) is 11.8 Å². The molecule has 2 unspecified atom stereocenters. The summed E-state index contributed by atoms with van der Waals surface area (Å²) in [6.07, 6.45) is 1.86. The number of ether oxygens (including phenoxy) is 2. The van der Waals surface area contributed by atoms with E-state index in [1.165, 1.54) is 0 Å². The average molecular weight is 159 g/mol. The minimum atomic E-state index is -0.0346. The lowest BCUT2D eigenvalue weighted by molar-refractivity contribution is 0.135. The molecule has 11 heavy (non-hydrogen) atoms. The highest BCUT2D eigenvalue weighted by atomic mass is 16.5. The van der Waals surface area contributed by atoms with Gasteiger partial charge >= 0.3 is 0 Å². The van der Waals surface area contributed by atoms with Crippen molar-refractivity contribution in [3.8, 4) is 0 Å². The molecule has 3 nitrogen and oxygen atoms in total. The molecule has 0 aliphatic carbocycles. The van der Waals surface area contributed by atoms with E-state index >= 15 is 0 Å². The van der Waals surface area contributed by atoms with E-state index in [4.69, 9.17) is 15.2 Å². The summed E-state index contributed by atoms with van der Waals surface area (Å²) >= 11 is 0. The van der Waals surface area contributed by atoms with Crippen LogP contribution in [0.2, 0.25) is 0 Å². The highest BCUT2D eigenvalue weighted by Crippen LogP contribution is 2.01. The second-order valence-corrected chi connectivity index (χ2v) is 2.49. The van der Waals surface area contributed by atoms with Gasteiger partial charge in [-0.05, 0) is 19.9 Å². The van der Waals surface area contributed by atoms with Crippen molar-refractivity contribution >= 4 is 0 Å². The molecule has 2 N–H and O–H groups in total. The fraction of sp³-hybridized carbons (Fsp3) is 0.750. The van der Waals surface area contributed by atoms with Crippen LogP contribution in [-0.4, -0.2) is 26.4 Å². The summed E-state index contributed by atoms with van der Waals surface area (Å²) in [7, 11) is 3.27. The predicted octanol–water partition coefficient (Wildman–Crippen LogP) is 0.899. The first-order valence-corrected chi connectivity index (χ1v) is 3.64. The van der Waals surface area contributed by atoms with Crippen LogP contribution in [-0.2, 0) is 9.47 Å². The van der Waals surface area contributed by atoms with Gasteiger partial charge in [0.2, 0.25) is 0 Å². The van der Waals surface area contributed by atoms with Gasteiger partial charge in [0.25, 0.3) is 0 Å². The molecule has 0 heterocycles. The minimum absolute atomic E-state index is 0.0346. The molecule has 0 fully saturated rings. The molecule has 0 aromatic heterocycles. The Morgan fingerprint density at radius 2 is 1.82 bits per heavy atom. The van der Waals surface area contributed by atoms with Crippen molar-refractivity contribution in [2.45, 2.75) is 26.1 Å². The van der Waals surface area contributed by atoms with Crippen molar-refractivity contribution in [1.82, 2.24) is 0 Å². The van der Waals surface area contributed by atoms with Gasteiger partial charge in [-0.2, -0.15) is 0 Å². The molecule has 0 aliphatic rings. The lowest BCUT2D eigenvalue weighted by Crippen LogP contribution is -2.18. The van der Waals surface area contributed by atoms with Crippen LogP contribution in [0.25, 0.3) is 0 Å². The second-order valence-electron chi connectivity index (χ2n) is 2.49. The van der Waals surface area contributed by atoms with Crippen LogP contribution in [0.1, 0.15) is 13.8 Å². The normalized spacial score (nSPS) is 18.0. The molecule has 66 valence electrons. The summed E-state index contributed by atoms with van der Waals surface area (Å²) in [4.78, 5) is 0. The van der Waals surface area contributed by atoms with Gasteiger partial charge in [0.05, 0.1) is 12.2 Å². The van der Waals surface area contributed by atoms with Crippen molar-refractivity contribution in [1.29, 1.82) is 0 Å². The molecule has 0 aromatic carbocycles.